The molecule has 0 atom stereocenters. The Hall–Kier alpha value is -0.530. The first kappa shape index (κ1) is 14.5. The van der Waals surface area contributed by atoms with Crippen molar-refractivity contribution >= 4 is 6.21 Å². The average Bonchev–Trinajstić information content (AvgIpc) is 2.28. The van der Waals surface area contributed by atoms with Crippen LogP contribution in [-0.2, 0) is 0 Å². The van der Waals surface area contributed by atoms with E-state index in [1.165, 1.54) is 83.7 Å². The molecule has 0 aliphatic carbocycles. The Bertz CT molecular complexity index is 185. The van der Waals surface area contributed by atoms with Crippen LogP contribution in [0.1, 0.15) is 77.6 Å². The van der Waals surface area contributed by atoms with Crippen molar-refractivity contribution in [1.29, 1.82) is 0 Å². The Kier molecular flexibility index (Phi) is 9.07. The van der Waals surface area contributed by atoms with E-state index in [9.17, 15) is 0 Å². The highest BCUT2D eigenvalue weighted by Crippen LogP contribution is 2.10. The summed E-state index contributed by atoms with van der Waals surface area (Å²) < 4.78 is 0. The number of hydrogen-bond donors (Lipinski definition) is 0. The fraction of sp³-hybridized carbons (Fsp3) is 0.933. The van der Waals surface area contributed by atoms with Crippen LogP contribution in [-0.4, -0.2) is 24.3 Å². The minimum Gasteiger partial charge on any atom is -0.297 e. The second-order valence-electron chi connectivity index (χ2n) is 5.22. The molecule has 0 saturated carbocycles. The van der Waals surface area contributed by atoms with Crippen LogP contribution in [0.2, 0.25) is 0 Å². The lowest BCUT2D eigenvalue weighted by Gasteiger charge is -2.27. The van der Waals surface area contributed by atoms with Crippen molar-refractivity contribution in [3.63, 3.8) is 0 Å². The summed E-state index contributed by atoms with van der Waals surface area (Å²) in [6.45, 7) is 4.63. The summed E-state index contributed by atoms with van der Waals surface area (Å²) >= 11 is 0. The molecule has 2 nitrogen and oxygen atoms in total. The second-order valence-corrected chi connectivity index (χ2v) is 5.22. The van der Waals surface area contributed by atoms with Crippen LogP contribution in [0.4, 0.5) is 0 Å². The van der Waals surface area contributed by atoms with E-state index >= 15 is 0 Å². The average molecular weight is 238 g/mol. The van der Waals surface area contributed by atoms with Gasteiger partial charge in [-0.05, 0) is 19.3 Å². The van der Waals surface area contributed by atoms with Crippen LogP contribution in [0, 0.1) is 0 Å². The summed E-state index contributed by atoms with van der Waals surface area (Å²) in [7, 11) is 0. The Balaban J connectivity index is 1.70. The fourth-order valence-electron chi connectivity index (χ4n) is 2.13. The van der Waals surface area contributed by atoms with E-state index in [2.05, 4.69) is 23.2 Å². The van der Waals surface area contributed by atoms with E-state index < -0.39 is 0 Å². The van der Waals surface area contributed by atoms with Gasteiger partial charge in [0.1, 0.15) is 0 Å². The largest absolute Gasteiger partial charge is 0.297 e. The molecule has 0 aromatic carbocycles. The van der Waals surface area contributed by atoms with Gasteiger partial charge in [0.2, 0.25) is 0 Å². The van der Waals surface area contributed by atoms with Crippen molar-refractivity contribution in [2.24, 2.45) is 5.10 Å². The van der Waals surface area contributed by atoms with Gasteiger partial charge in [0.15, 0.2) is 0 Å². The van der Waals surface area contributed by atoms with Crippen molar-refractivity contribution in [1.82, 2.24) is 5.01 Å². The van der Waals surface area contributed by atoms with Crippen LogP contribution < -0.4 is 0 Å². The molecule has 1 aliphatic rings. The van der Waals surface area contributed by atoms with Gasteiger partial charge < -0.3 is 0 Å². The molecule has 0 unspecified atom stereocenters. The quantitative estimate of drug-likeness (QED) is 0.379. The predicted octanol–water partition coefficient (Wildman–Crippen LogP) is 4.60. The zero-order chi connectivity index (χ0) is 12.2. The molecule has 0 aromatic rings. The zero-order valence-electron chi connectivity index (χ0n) is 11.7. The SMILES string of the molecule is CCCCCCCCCCCC=NN1CCC1. The normalized spacial score (nSPS) is 15.5. The van der Waals surface area contributed by atoms with Gasteiger partial charge in [-0.1, -0.05) is 58.3 Å². The van der Waals surface area contributed by atoms with Crippen LogP contribution in [0.5, 0.6) is 0 Å². The van der Waals surface area contributed by atoms with Gasteiger partial charge in [-0.15, -0.1) is 0 Å². The number of rotatable bonds is 11. The molecular formula is C15H30N2. The lowest BCUT2D eigenvalue weighted by molar-refractivity contribution is 0.191. The molecule has 1 heterocycles. The molecule has 0 radical (unpaired) electrons. The third-order valence-corrected chi connectivity index (χ3v) is 3.51. The van der Waals surface area contributed by atoms with Gasteiger partial charge in [0.05, 0.1) is 0 Å². The molecule has 2 heteroatoms. The zero-order valence-corrected chi connectivity index (χ0v) is 11.7. The standard InChI is InChI=1S/C15H30N2/c1-2-3-4-5-6-7-8-9-10-11-13-16-17-14-12-15-17/h13H,2-12,14-15H2,1H3. The van der Waals surface area contributed by atoms with Crippen LogP contribution >= 0.6 is 0 Å². The van der Waals surface area contributed by atoms with Crippen molar-refractivity contribution in [3.05, 3.63) is 0 Å². The van der Waals surface area contributed by atoms with E-state index in [0.717, 1.165) is 0 Å². The molecule has 0 amide bonds. The van der Waals surface area contributed by atoms with Crippen LogP contribution in [0.3, 0.4) is 0 Å². The maximum absolute atomic E-state index is 4.41. The second kappa shape index (κ2) is 10.6. The highest BCUT2D eigenvalue weighted by molar-refractivity contribution is 5.56. The highest BCUT2D eigenvalue weighted by Gasteiger charge is 2.08. The third-order valence-electron chi connectivity index (χ3n) is 3.51. The fourth-order valence-corrected chi connectivity index (χ4v) is 2.13. The van der Waals surface area contributed by atoms with Gasteiger partial charge >= 0.3 is 0 Å². The minimum absolute atomic E-state index is 1.17. The molecule has 0 spiro atoms. The van der Waals surface area contributed by atoms with Gasteiger partial charge in [-0.2, -0.15) is 5.10 Å². The van der Waals surface area contributed by atoms with Gasteiger partial charge in [0, 0.05) is 19.3 Å². The van der Waals surface area contributed by atoms with Crippen LogP contribution in [0.25, 0.3) is 0 Å². The summed E-state index contributed by atoms with van der Waals surface area (Å²) in [5.41, 5.74) is 0. The molecular weight excluding hydrogens is 208 g/mol. The molecule has 0 N–H and O–H groups in total. The first-order valence-electron chi connectivity index (χ1n) is 7.71. The topological polar surface area (TPSA) is 15.6 Å². The highest BCUT2D eigenvalue weighted by atomic mass is 15.5. The summed E-state index contributed by atoms with van der Waals surface area (Å²) in [5, 5.41) is 6.57. The molecule has 1 saturated heterocycles. The Morgan fingerprint density at radius 2 is 1.47 bits per heavy atom. The number of hydrogen-bond acceptors (Lipinski definition) is 2. The predicted molar refractivity (Wildman–Crippen MR) is 76.5 cm³/mol. The molecule has 1 rings (SSSR count). The Labute approximate surface area is 107 Å². The van der Waals surface area contributed by atoms with Crippen molar-refractivity contribution in [2.75, 3.05) is 13.1 Å². The van der Waals surface area contributed by atoms with E-state index in [-0.39, 0.29) is 0 Å². The monoisotopic (exact) mass is 238 g/mol. The maximum Gasteiger partial charge on any atom is 0.0377 e. The molecule has 0 bridgehead atoms. The molecule has 1 aliphatic heterocycles. The number of unbranched alkanes of at least 4 members (excludes halogenated alkanes) is 9. The van der Waals surface area contributed by atoms with Crippen molar-refractivity contribution < 1.29 is 0 Å². The summed E-state index contributed by atoms with van der Waals surface area (Å²) in [5.74, 6) is 0. The summed E-state index contributed by atoms with van der Waals surface area (Å²) in [4.78, 5) is 0. The van der Waals surface area contributed by atoms with E-state index in [4.69, 9.17) is 0 Å². The first-order valence-corrected chi connectivity index (χ1v) is 7.71. The number of nitrogens with zero attached hydrogens (tertiary/aromatic N) is 2. The molecule has 17 heavy (non-hydrogen) atoms. The Morgan fingerprint density at radius 3 is 2.00 bits per heavy atom. The van der Waals surface area contributed by atoms with Gasteiger partial charge in [-0.25, -0.2) is 0 Å². The van der Waals surface area contributed by atoms with E-state index in [0.29, 0.717) is 0 Å². The van der Waals surface area contributed by atoms with Gasteiger partial charge in [-0.3, -0.25) is 5.01 Å². The van der Waals surface area contributed by atoms with Crippen molar-refractivity contribution in [2.45, 2.75) is 77.6 Å². The molecule has 100 valence electrons. The van der Waals surface area contributed by atoms with Crippen molar-refractivity contribution in [3.8, 4) is 0 Å². The Morgan fingerprint density at radius 1 is 0.882 bits per heavy atom. The third kappa shape index (κ3) is 8.23. The van der Waals surface area contributed by atoms with Gasteiger partial charge in [0.25, 0.3) is 0 Å². The smallest absolute Gasteiger partial charge is 0.0377 e. The summed E-state index contributed by atoms with van der Waals surface area (Å²) in [6, 6.07) is 0. The van der Waals surface area contributed by atoms with Crippen LogP contribution in [0.15, 0.2) is 5.10 Å². The first-order chi connectivity index (χ1) is 8.43. The summed E-state index contributed by atoms with van der Waals surface area (Å²) in [6.07, 6.45) is 17.3. The molecule has 0 aromatic heterocycles. The van der Waals surface area contributed by atoms with E-state index in [1.54, 1.807) is 0 Å². The number of hydrazone groups is 1. The maximum atomic E-state index is 4.41. The lowest BCUT2D eigenvalue weighted by Crippen LogP contribution is -2.32. The lowest BCUT2D eigenvalue weighted by atomic mass is 10.1. The minimum atomic E-state index is 1.17. The molecule has 1 fully saturated rings. The van der Waals surface area contributed by atoms with E-state index in [1.807, 2.05) is 0 Å².